The van der Waals surface area contributed by atoms with E-state index in [9.17, 15) is 8.42 Å². The second-order valence-corrected chi connectivity index (χ2v) is 9.51. The Balaban J connectivity index is 1.54. The van der Waals surface area contributed by atoms with E-state index in [0.717, 1.165) is 48.7 Å². The minimum Gasteiger partial charge on any atom is -0.497 e. The predicted octanol–water partition coefficient (Wildman–Crippen LogP) is 3.55. The second-order valence-electron chi connectivity index (χ2n) is 6.33. The first-order valence-electron chi connectivity index (χ1n) is 9.02. The molecule has 1 heterocycles. The van der Waals surface area contributed by atoms with E-state index < -0.39 is 10.0 Å². The molecule has 0 spiro atoms. The zero-order valence-electron chi connectivity index (χ0n) is 15.4. The van der Waals surface area contributed by atoms with Gasteiger partial charge in [0.05, 0.1) is 12.0 Å². The van der Waals surface area contributed by atoms with Gasteiger partial charge in [-0.2, -0.15) is 11.8 Å². The number of rotatable bonds is 8. The lowest BCUT2D eigenvalue weighted by molar-refractivity contribution is 0.100. The van der Waals surface area contributed by atoms with Crippen molar-refractivity contribution in [1.82, 2.24) is 4.72 Å². The average Bonchev–Trinajstić information content (AvgIpc) is 2.72. The molecular weight excluding hydrogens is 382 g/mol. The maximum Gasteiger partial charge on any atom is 0.240 e. The summed E-state index contributed by atoms with van der Waals surface area (Å²) in [5.41, 5.74) is 1.98. The lowest BCUT2D eigenvalue weighted by atomic mass is 10.1. The molecule has 0 atom stereocenters. The van der Waals surface area contributed by atoms with Crippen molar-refractivity contribution in [2.45, 2.75) is 23.0 Å². The molecule has 3 rings (SSSR count). The summed E-state index contributed by atoms with van der Waals surface area (Å²) in [6.07, 6.45) is 2.09. The number of methoxy groups -OCH3 is 1. The zero-order chi connectivity index (χ0) is 19.1. The van der Waals surface area contributed by atoms with Crippen molar-refractivity contribution in [2.75, 3.05) is 32.6 Å². The van der Waals surface area contributed by atoms with Crippen molar-refractivity contribution >= 4 is 21.8 Å². The molecule has 0 radical (unpaired) electrons. The molecule has 1 aliphatic rings. The van der Waals surface area contributed by atoms with Gasteiger partial charge in [-0.25, -0.2) is 13.1 Å². The van der Waals surface area contributed by atoms with E-state index in [0.29, 0.717) is 11.8 Å². The highest BCUT2D eigenvalue weighted by Gasteiger charge is 2.16. The predicted molar refractivity (Wildman–Crippen MR) is 110 cm³/mol. The molecule has 2 aromatic rings. The molecule has 1 aliphatic heterocycles. The van der Waals surface area contributed by atoms with E-state index in [1.807, 2.05) is 48.2 Å². The van der Waals surface area contributed by atoms with Crippen LogP contribution in [-0.2, 0) is 14.8 Å². The van der Waals surface area contributed by atoms with E-state index in [2.05, 4.69) is 4.72 Å². The topological polar surface area (TPSA) is 64.6 Å². The van der Waals surface area contributed by atoms with Crippen molar-refractivity contribution in [3.8, 4) is 16.9 Å². The van der Waals surface area contributed by atoms with E-state index in [1.165, 1.54) is 0 Å². The highest BCUT2D eigenvalue weighted by molar-refractivity contribution is 8.00. The van der Waals surface area contributed by atoms with Gasteiger partial charge in [0, 0.05) is 30.8 Å². The molecule has 0 bridgehead atoms. The van der Waals surface area contributed by atoms with Crippen molar-refractivity contribution < 1.29 is 17.9 Å². The van der Waals surface area contributed by atoms with E-state index in [4.69, 9.17) is 9.47 Å². The van der Waals surface area contributed by atoms with E-state index >= 15 is 0 Å². The molecule has 0 aromatic heterocycles. The Kier molecular flexibility index (Phi) is 7.18. The second kappa shape index (κ2) is 9.59. The third-order valence-corrected chi connectivity index (χ3v) is 7.36. The largest absolute Gasteiger partial charge is 0.497 e. The first kappa shape index (κ1) is 20.2. The Morgan fingerprint density at radius 3 is 2.22 bits per heavy atom. The molecule has 1 N–H and O–H groups in total. The molecule has 7 heteroatoms. The zero-order valence-corrected chi connectivity index (χ0v) is 17.0. The van der Waals surface area contributed by atoms with Gasteiger partial charge in [-0.3, -0.25) is 0 Å². The van der Waals surface area contributed by atoms with Crippen LogP contribution in [0.25, 0.3) is 11.1 Å². The number of sulfonamides is 1. The minimum absolute atomic E-state index is 0.288. The van der Waals surface area contributed by atoms with E-state index in [1.54, 1.807) is 19.2 Å². The first-order valence-corrected chi connectivity index (χ1v) is 11.6. The number of ether oxygens (including phenoxy) is 2. The van der Waals surface area contributed by atoms with Crippen LogP contribution >= 0.6 is 11.8 Å². The average molecular weight is 408 g/mol. The molecule has 5 nitrogen and oxygen atoms in total. The number of hydrogen-bond donors (Lipinski definition) is 1. The molecule has 0 aliphatic carbocycles. The van der Waals surface area contributed by atoms with Gasteiger partial charge in [0.25, 0.3) is 0 Å². The van der Waals surface area contributed by atoms with Gasteiger partial charge in [-0.05, 0) is 48.2 Å². The fourth-order valence-corrected chi connectivity index (χ4v) is 5.18. The molecule has 0 unspecified atom stereocenters. The SMILES string of the molecule is COc1ccc(-c2ccc(S(=O)(=O)NCCSC3CCOCC3)cc2)cc1. The summed E-state index contributed by atoms with van der Waals surface area (Å²) in [7, 11) is -1.85. The summed E-state index contributed by atoms with van der Waals surface area (Å²) < 4.78 is 38.1. The fraction of sp³-hybridized carbons (Fsp3) is 0.400. The smallest absolute Gasteiger partial charge is 0.240 e. The Labute approximate surface area is 165 Å². The summed E-state index contributed by atoms with van der Waals surface area (Å²) in [4.78, 5) is 0.288. The third kappa shape index (κ3) is 5.72. The Morgan fingerprint density at radius 2 is 1.63 bits per heavy atom. The molecule has 1 saturated heterocycles. The van der Waals surface area contributed by atoms with Gasteiger partial charge in [-0.15, -0.1) is 0 Å². The van der Waals surface area contributed by atoms with Gasteiger partial charge in [0.1, 0.15) is 5.75 Å². The van der Waals surface area contributed by atoms with Crippen molar-refractivity contribution in [3.05, 3.63) is 48.5 Å². The molecule has 146 valence electrons. The maximum atomic E-state index is 12.5. The van der Waals surface area contributed by atoms with Gasteiger partial charge >= 0.3 is 0 Å². The Hall–Kier alpha value is -1.54. The normalized spacial score (nSPS) is 15.6. The molecule has 27 heavy (non-hydrogen) atoms. The summed E-state index contributed by atoms with van der Waals surface area (Å²) in [6, 6.07) is 14.6. The number of nitrogens with one attached hydrogen (secondary N) is 1. The van der Waals surface area contributed by atoms with Crippen LogP contribution in [0.4, 0.5) is 0 Å². The van der Waals surface area contributed by atoms with Crippen LogP contribution in [0.5, 0.6) is 5.75 Å². The monoisotopic (exact) mass is 407 g/mol. The van der Waals surface area contributed by atoms with Crippen molar-refractivity contribution in [3.63, 3.8) is 0 Å². The Bertz CT molecular complexity index is 814. The van der Waals surface area contributed by atoms with Crippen LogP contribution in [0, 0.1) is 0 Å². The molecule has 0 amide bonds. The maximum absolute atomic E-state index is 12.5. The molecule has 0 saturated carbocycles. The molecular formula is C20H25NO4S2. The lowest BCUT2D eigenvalue weighted by Gasteiger charge is -2.21. The van der Waals surface area contributed by atoms with Gasteiger partial charge in [0.2, 0.25) is 10.0 Å². The van der Waals surface area contributed by atoms with Gasteiger partial charge in [0.15, 0.2) is 0 Å². The highest BCUT2D eigenvalue weighted by atomic mass is 32.2. The number of benzene rings is 2. The lowest BCUT2D eigenvalue weighted by Crippen LogP contribution is -2.27. The molecule has 1 fully saturated rings. The van der Waals surface area contributed by atoms with Crippen LogP contribution < -0.4 is 9.46 Å². The summed E-state index contributed by atoms with van der Waals surface area (Å²) >= 11 is 1.82. The summed E-state index contributed by atoms with van der Waals surface area (Å²) in [5, 5.41) is 0.576. The summed E-state index contributed by atoms with van der Waals surface area (Å²) in [5.74, 6) is 1.56. The van der Waals surface area contributed by atoms with Crippen LogP contribution in [0.1, 0.15) is 12.8 Å². The quantitative estimate of drug-likeness (QED) is 0.678. The number of hydrogen-bond acceptors (Lipinski definition) is 5. The standard InChI is InChI=1S/C20H25NO4S2/c1-24-18-6-2-16(3-7-18)17-4-8-20(9-5-17)27(22,23)21-12-15-26-19-10-13-25-14-11-19/h2-9,19,21H,10-15H2,1H3. The Morgan fingerprint density at radius 1 is 1.04 bits per heavy atom. The molecule has 2 aromatic carbocycles. The summed E-state index contributed by atoms with van der Waals surface area (Å²) in [6.45, 7) is 2.05. The van der Waals surface area contributed by atoms with E-state index in [-0.39, 0.29) is 4.90 Å². The van der Waals surface area contributed by atoms with Gasteiger partial charge < -0.3 is 9.47 Å². The van der Waals surface area contributed by atoms with Crippen molar-refractivity contribution in [1.29, 1.82) is 0 Å². The number of thioether (sulfide) groups is 1. The third-order valence-electron chi connectivity index (χ3n) is 4.50. The van der Waals surface area contributed by atoms with Crippen LogP contribution in [0.2, 0.25) is 0 Å². The van der Waals surface area contributed by atoms with Crippen molar-refractivity contribution in [2.24, 2.45) is 0 Å². The minimum atomic E-state index is -3.48. The fourth-order valence-electron chi connectivity index (χ4n) is 2.94. The van der Waals surface area contributed by atoms with Gasteiger partial charge in [-0.1, -0.05) is 24.3 Å². The highest BCUT2D eigenvalue weighted by Crippen LogP contribution is 2.24. The van der Waals surface area contributed by atoms with Crippen LogP contribution in [0.15, 0.2) is 53.4 Å². The van der Waals surface area contributed by atoms with Crippen LogP contribution in [-0.4, -0.2) is 46.3 Å². The van der Waals surface area contributed by atoms with Crippen LogP contribution in [0.3, 0.4) is 0 Å². The first-order chi connectivity index (χ1) is 13.1.